The van der Waals surface area contributed by atoms with Crippen LogP contribution in [-0.2, 0) is 4.79 Å². The monoisotopic (exact) mass is 297 g/mol. The Labute approximate surface area is 124 Å². The van der Waals surface area contributed by atoms with Crippen molar-refractivity contribution in [3.05, 3.63) is 28.8 Å². The average Bonchev–Trinajstić information content (AvgIpc) is 2.90. The predicted octanol–water partition coefficient (Wildman–Crippen LogP) is 2.83. The summed E-state index contributed by atoms with van der Waals surface area (Å²) < 4.78 is 5.42. The first-order valence-electron chi connectivity index (χ1n) is 6.96. The maximum atomic E-state index is 11.7. The summed E-state index contributed by atoms with van der Waals surface area (Å²) in [5, 5.41) is 12.8. The van der Waals surface area contributed by atoms with Crippen molar-refractivity contribution in [3.8, 4) is 5.75 Å². The van der Waals surface area contributed by atoms with E-state index in [4.69, 9.17) is 16.3 Å². The topological polar surface area (TPSA) is 58.6 Å². The number of rotatable bonds is 5. The molecule has 20 heavy (non-hydrogen) atoms. The van der Waals surface area contributed by atoms with Crippen LogP contribution in [-0.4, -0.2) is 23.7 Å². The van der Waals surface area contributed by atoms with Gasteiger partial charge in [-0.1, -0.05) is 30.5 Å². The van der Waals surface area contributed by atoms with Crippen LogP contribution < -0.4 is 10.1 Å². The molecule has 1 fully saturated rings. The molecule has 1 aromatic carbocycles. The van der Waals surface area contributed by atoms with Crippen LogP contribution in [0.4, 0.5) is 0 Å². The molecule has 0 spiro atoms. The van der Waals surface area contributed by atoms with Crippen molar-refractivity contribution < 1.29 is 14.6 Å². The molecular formula is C15H20ClNO3. The van der Waals surface area contributed by atoms with E-state index in [-0.39, 0.29) is 12.5 Å². The Hall–Kier alpha value is -1.26. The molecule has 1 aliphatic rings. The molecule has 0 saturated heterocycles. The van der Waals surface area contributed by atoms with Crippen LogP contribution in [0.25, 0.3) is 0 Å². The van der Waals surface area contributed by atoms with E-state index in [0.717, 1.165) is 18.4 Å². The second-order valence-corrected chi connectivity index (χ2v) is 5.61. The van der Waals surface area contributed by atoms with E-state index in [1.165, 1.54) is 12.8 Å². The van der Waals surface area contributed by atoms with E-state index >= 15 is 0 Å². The number of aliphatic hydroxyl groups is 1. The number of carbonyl (C=O) groups is 1. The zero-order chi connectivity index (χ0) is 14.5. The number of aliphatic hydroxyl groups excluding tert-OH is 1. The maximum Gasteiger partial charge on any atom is 0.258 e. The van der Waals surface area contributed by atoms with Crippen molar-refractivity contribution in [1.82, 2.24) is 5.32 Å². The minimum absolute atomic E-state index is 0.0375. The van der Waals surface area contributed by atoms with E-state index in [1.807, 2.05) is 0 Å². The lowest BCUT2D eigenvalue weighted by molar-refractivity contribution is -0.123. The molecule has 0 heterocycles. The third-order valence-corrected chi connectivity index (χ3v) is 3.81. The minimum atomic E-state index is -0.577. The second-order valence-electron chi connectivity index (χ2n) is 5.20. The third kappa shape index (κ3) is 4.12. The number of carbonyl (C=O) groups excluding carboxylic acids is 1. The van der Waals surface area contributed by atoms with Crippen LogP contribution in [0.15, 0.2) is 18.2 Å². The highest BCUT2D eigenvalue weighted by Gasteiger charge is 2.17. The largest absolute Gasteiger partial charge is 0.482 e. The van der Waals surface area contributed by atoms with Crippen LogP contribution in [0.5, 0.6) is 5.75 Å². The lowest BCUT2D eigenvalue weighted by atomic mass is 10.1. The van der Waals surface area contributed by atoms with Crippen LogP contribution in [0, 0.1) is 0 Å². The molecule has 4 nitrogen and oxygen atoms in total. The van der Waals surface area contributed by atoms with Gasteiger partial charge < -0.3 is 15.2 Å². The van der Waals surface area contributed by atoms with Crippen molar-refractivity contribution in [2.24, 2.45) is 0 Å². The highest BCUT2D eigenvalue weighted by molar-refractivity contribution is 6.32. The lowest BCUT2D eigenvalue weighted by Gasteiger charge is -2.13. The molecule has 1 atom stereocenters. The molecule has 2 rings (SSSR count). The highest BCUT2D eigenvalue weighted by Crippen LogP contribution is 2.27. The van der Waals surface area contributed by atoms with Crippen LogP contribution >= 0.6 is 11.6 Å². The standard InChI is InChI=1S/C15H20ClNO3/c1-10(18)11-6-7-14(13(16)8-11)20-9-15(19)17-12-4-2-3-5-12/h6-8,10,12,18H,2-5,9H2,1H3,(H,17,19)/t10-/m1/s1. The molecule has 5 heteroatoms. The van der Waals surface area contributed by atoms with Crippen LogP contribution in [0.2, 0.25) is 5.02 Å². The molecule has 0 unspecified atom stereocenters. The molecule has 0 radical (unpaired) electrons. The molecule has 110 valence electrons. The number of nitrogens with one attached hydrogen (secondary N) is 1. The van der Waals surface area contributed by atoms with E-state index in [1.54, 1.807) is 25.1 Å². The zero-order valence-corrected chi connectivity index (χ0v) is 12.3. The Morgan fingerprint density at radius 1 is 1.50 bits per heavy atom. The molecule has 1 aliphatic carbocycles. The average molecular weight is 298 g/mol. The smallest absolute Gasteiger partial charge is 0.258 e. The quantitative estimate of drug-likeness (QED) is 0.878. The Kier molecular flexibility index (Phi) is 5.26. The Morgan fingerprint density at radius 3 is 2.80 bits per heavy atom. The van der Waals surface area contributed by atoms with Gasteiger partial charge in [0.05, 0.1) is 11.1 Å². The molecule has 2 N–H and O–H groups in total. The molecular weight excluding hydrogens is 278 g/mol. The van der Waals surface area contributed by atoms with Gasteiger partial charge in [0.2, 0.25) is 0 Å². The maximum absolute atomic E-state index is 11.7. The first-order chi connectivity index (χ1) is 9.56. The van der Waals surface area contributed by atoms with Crippen molar-refractivity contribution in [1.29, 1.82) is 0 Å². The number of benzene rings is 1. The fourth-order valence-corrected chi connectivity index (χ4v) is 2.62. The fraction of sp³-hybridized carbons (Fsp3) is 0.533. The SMILES string of the molecule is C[C@@H](O)c1ccc(OCC(=O)NC2CCCC2)c(Cl)c1. The lowest BCUT2D eigenvalue weighted by Crippen LogP contribution is -2.36. The van der Waals surface area contributed by atoms with Gasteiger partial charge in [-0.2, -0.15) is 0 Å². The fourth-order valence-electron chi connectivity index (χ4n) is 2.38. The molecule has 0 bridgehead atoms. The number of amides is 1. The predicted molar refractivity (Wildman–Crippen MR) is 78.0 cm³/mol. The summed E-state index contributed by atoms with van der Waals surface area (Å²) in [6.07, 6.45) is 3.88. The molecule has 0 aliphatic heterocycles. The Bertz CT molecular complexity index is 470. The zero-order valence-electron chi connectivity index (χ0n) is 11.6. The summed E-state index contributed by atoms with van der Waals surface area (Å²) in [5.74, 6) is 0.338. The normalized spacial score (nSPS) is 16.9. The Morgan fingerprint density at radius 2 is 2.20 bits per heavy atom. The molecule has 1 amide bonds. The van der Waals surface area contributed by atoms with Gasteiger partial charge in [-0.3, -0.25) is 4.79 Å². The molecule has 1 aromatic rings. The van der Waals surface area contributed by atoms with Gasteiger partial charge in [0.1, 0.15) is 5.75 Å². The number of hydrogen-bond acceptors (Lipinski definition) is 3. The van der Waals surface area contributed by atoms with Gasteiger partial charge in [-0.15, -0.1) is 0 Å². The van der Waals surface area contributed by atoms with Gasteiger partial charge in [-0.25, -0.2) is 0 Å². The second kappa shape index (κ2) is 6.95. The Balaban J connectivity index is 1.85. The summed E-state index contributed by atoms with van der Waals surface area (Å²) in [6.45, 7) is 1.63. The van der Waals surface area contributed by atoms with Crippen LogP contribution in [0.1, 0.15) is 44.3 Å². The van der Waals surface area contributed by atoms with Crippen LogP contribution in [0.3, 0.4) is 0 Å². The first kappa shape index (κ1) is 15.1. The summed E-state index contributed by atoms with van der Waals surface area (Å²) in [5.41, 5.74) is 0.720. The third-order valence-electron chi connectivity index (χ3n) is 3.52. The molecule has 0 aromatic heterocycles. The number of hydrogen-bond donors (Lipinski definition) is 2. The van der Waals surface area contributed by atoms with Gasteiger partial charge in [0.25, 0.3) is 5.91 Å². The summed E-state index contributed by atoms with van der Waals surface area (Å²) in [6, 6.07) is 5.35. The van der Waals surface area contributed by atoms with E-state index in [0.29, 0.717) is 16.8 Å². The number of halogens is 1. The molecule has 1 saturated carbocycles. The van der Waals surface area contributed by atoms with E-state index in [2.05, 4.69) is 5.32 Å². The first-order valence-corrected chi connectivity index (χ1v) is 7.33. The summed E-state index contributed by atoms with van der Waals surface area (Å²) >= 11 is 6.06. The van der Waals surface area contributed by atoms with Crippen molar-refractivity contribution >= 4 is 17.5 Å². The minimum Gasteiger partial charge on any atom is -0.482 e. The van der Waals surface area contributed by atoms with Gasteiger partial charge in [0.15, 0.2) is 6.61 Å². The van der Waals surface area contributed by atoms with Crippen molar-refractivity contribution in [3.63, 3.8) is 0 Å². The van der Waals surface area contributed by atoms with Crippen molar-refractivity contribution in [2.45, 2.75) is 44.8 Å². The van der Waals surface area contributed by atoms with Gasteiger partial charge in [-0.05, 0) is 37.5 Å². The summed E-state index contributed by atoms with van der Waals surface area (Å²) in [4.78, 5) is 11.7. The van der Waals surface area contributed by atoms with Gasteiger partial charge >= 0.3 is 0 Å². The van der Waals surface area contributed by atoms with E-state index < -0.39 is 6.10 Å². The number of ether oxygens (including phenoxy) is 1. The summed E-state index contributed by atoms with van der Waals surface area (Å²) in [7, 11) is 0. The highest BCUT2D eigenvalue weighted by atomic mass is 35.5. The van der Waals surface area contributed by atoms with Gasteiger partial charge in [0, 0.05) is 6.04 Å². The van der Waals surface area contributed by atoms with Crippen molar-refractivity contribution in [2.75, 3.05) is 6.61 Å². The van der Waals surface area contributed by atoms with E-state index in [9.17, 15) is 9.90 Å².